The van der Waals surface area contributed by atoms with Gasteiger partial charge in [-0.15, -0.1) is 0 Å². The van der Waals surface area contributed by atoms with Gasteiger partial charge in [0.15, 0.2) is 6.10 Å². The first kappa shape index (κ1) is 16.4. The minimum atomic E-state index is -0.644. The molecule has 26 heavy (non-hydrogen) atoms. The average molecular weight is 353 g/mol. The highest BCUT2D eigenvalue weighted by molar-refractivity contribution is 5.95. The SMILES string of the molecule is Cc1nccc(O[C@@H]2C(=O)N(C)[C@@H]3CN(C(=O)c4ccncc4)C[C@H]23)n1. The maximum Gasteiger partial charge on any atom is 0.264 e. The minimum Gasteiger partial charge on any atom is -0.464 e. The van der Waals surface area contributed by atoms with Crippen molar-refractivity contribution in [1.29, 1.82) is 0 Å². The second-order valence-corrected chi connectivity index (χ2v) is 6.61. The highest BCUT2D eigenvalue weighted by atomic mass is 16.5. The molecule has 2 aliphatic heterocycles. The van der Waals surface area contributed by atoms with Gasteiger partial charge in [-0.25, -0.2) is 4.98 Å². The molecule has 0 aromatic carbocycles. The van der Waals surface area contributed by atoms with Crippen molar-refractivity contribution in [3.05, 3.63) is 48.2 Å². The number of carbonyl (C=O) groups is 2. The smallest absolute Gasteiger partial charge is 0.264 e. The Morgan fingerprint density at radius 1 is 1.19 bits per heavy atom. The average Bonchev–Trinajstić information content (AvgIpc) is 3.17. The third-order valence-corrected chi connectivity index (χ3v) is 5.02. The van der Waals surface area contributed by atoms with E-state index in [1.54, 1.807) is 60.6 Å². The molecule has 4 rings (SSSR count). The van der Waals surface area contributed by atoms with Gasteiger partial charge in [0.05, 0.1) is 6.04 Å². The van der Waals surface area contributed by atoms with Gasteiger partial charge in [-0.05, 0) is 19.1 Å². The van der Waals surface area contributed by atoms with Crippen LogP contribution in [0.4, 0.5) is 0 Å². The van der Waals surface area contributed by atoms with Crippen molar-refractivity contribution in [2.75, 3.05) is 20.1 Å². The first-order valence-corrected chi connectivity index (χ1v) is 8.47. The molecule has 0 N–H and O–H groups in total. The lowest BCUT2D eigenvalue weighted by Gasteiger charge is -2.22. The Balaban J connectivity index is 1.53. The summed E-state index contributed by atoms with van der Waals surface area (Å²) in [5.74, 6) is 0.739. The molecule has 0 radical (unpaired) electrons. The molecule has 134 valence electrons. The largest absolute Gasteiger partial charge is 0.464 e. The van der Waals surface area contributed by atoms with E-state index < -0.39 is 6.10 Å². The summed E-state index contributed by atoms with van der Waals surface area (Å²) in [5, 5.41) is 0. The van der Waals surface area contributed by atoms with Gasteiger partial charge < -0.3 is 14.5 Å². The Morgan fingerprint density at radius 2 is 1.96 bits per heavy atom. The second kappa shape index (κ2) is 6.36. The zero-order valence-corrected chi connectivity index (χ0v) is 14.6. The van der Waals surface area contributed by atoms with Crippen LogP contribution in [0.3, 0.4) is 0 Å². The molecule has 8 nitrogen and oxygen atoms in total. The minimum absolute atomic E-state index is 0.0544. The molecule has 2 aromatic rings. The lowest BCUT2D eigenvalue weighted by molar-refractivity contribution is -0.134. The van der Waals surface area contributed by atoms with Crippen molar-refractivity contribution in [1.82, 2.24) is 24.8 Å². The number of hydrogen-bond donors (Lipinski definition) is 0. The van der Waals surface area contributed by atoms with Crippen LogP contribution < -0.4 is 4.74 Å². The molecule has 0 unspecified atom stereocenters. The molecule has 2 amide bonds. The molecule has 2 saturated heterocycles. The Labute approximate surface area is 150 Å². The number of likely N-dealkylation sites (N-methyl/N-ethyl adjacent to an activating group) is 1. The van der Waals surface area contributed by atoms with E-state index in [9.17, 15) is 9.59 Å². The maximum atomic E-state index is 12.7. The third-order valence-electron chi connectivity index (χ3n) is 5.02. The van der Waals surface area contributed by atoms with Crippen molar-refractivity contribution in [3.63, 3.8) is 0 Å². The van der Waals surface area contributed by atoms with Crippen molar-refractivity contribution in [2.24, 2.45) is 5.92 Å². The summed E-state index contributed by atoms with van der Waals surface area (Å²) < 4.78 is 5.90. The van der Waals surface area contributed by atoms with E-state index in [0.717, 1.165) is 0 Å². The fourth-order valence-corrected chi connectivity index (χ4v) is 3.68. The molecular weight excluding hydrogens is 334 g/mol. The number of rotatable bonds is 3. The van der Waals surface area contributed by atoms with Crippen molar-refractivity contribution in [3.8, 4) is 5.88 Å². The third kappa shape index (κ3) is 2.77. The van der Waals surface area contributed by atoms with Gasteiger partial charge >= 0.3 is 0 Å². The molecule has 0 bridgehead atoms. The number of carbonyl (C=O) groups excluding carboxylic acids is 2. The van der Waals surface area contributed by atoms with Gasteiger partial charge in [0.1, 0.15) is 5.82 Å². The van der Waals surface area contributed by atoms with E-state index in [1.807, 2.05) is 0 Å². The number of ether oxygens (including phenoxy) is 1. The van der Waals surface area contributed by atoms with Crippen LogP contribution >= 0.6 is 0 Å². The van der Waals surface area contributed by atoms with E-state index in [4.69, 9.17) is 4.74 Å². The van der Waals surface area contributed by atoms with Gasteiger partial charge in [-0.3, -0.25) is 14.6 Å². The van der Waals surface area contributed by atoms with Crippen molar-refractivity contribution in [2.45, 2.75) is 19.1 Å². The molecular formula is C18H19N5O3. The number of pyridine rings is 1. The van der Waals surface area contributed by atoms with Gasteiger partial charge in [0, 0.05) is 56.3 Å². The summed E-state index contributed by atoms with van der Waals surface area (Å²) in [4.78, 5) is 41.0. The first-order chi connectivity index (χ1) is 12.5. The molecule has 0 saturated carbocycles. The Bertz CT molecular complexity index is 844. The van der Waals surface area contributed by atoms with E-state index in [0.29, 0.717) is 30.4 Å². The summed E-state index contributed by atoms with van der Waals surface area (Å²) >= 11 is 0. The summed E-state index contributed by atoms with van der Waals surface area (Å²) in [7, 11) is 1.76. The number of fused-ring (bicyclic) bond motifs is 1. The Hall–Kier alpha value is -3.03. The summed E-state index contributed by atoms with van der Waals surface area (Å²) in [5.41, 5.74) is 0.595. The van der Waals surface area contributed by atoms with Crippen LogP contribution in [-0.4, -0.2) is 68.8 Å². The number of nitrogens with zero attached hydrogens (tertiary/aromatic N) is 5. The van der Waals surface area contributed by atoms with E-state index >= 15 is 0 Å². The fraction of sp³-hybridized carbons (Fsp3) is 0.389. The van der Waals surface area contributed by atoms with Crippen LogP contribution in [0.25, 0.3) is 0 Å². The molecule has 2 aliphatic rings. The molecule has 8 heteroatoms. The van der Waals surface area contributed by atoms with E-state index in [2.05, 4.69) is 15.0 Å². The molecule has 3 atom stereocenters. The molecule has 2 aromatic heterocycles. The maximum absolute atomic E-state index is 12.7. The normalized spacial score (nSPS) is 24.7. The zero-order valence-electron chi connectivity index (χ0n) is 14.6. The van der Waals surface area contributed by atoms with Crippen LogP contribution in [0.5, 0.6) is 5.88 Å². The Kier molecular flexibility index (Phi) is 4.02. The van der Waals surface area contributed by atoms with Crippen LogP contribution in [0, 0.1) is 12.8 Å². The monoisotopic (exact) mass is 353 g/mol. The quantitative estimate of drug-likeness (QED) is 0.800. The summed E-state index contributed by atoms with van der Waals surface area (Å²) in [6.45, 7) is 2.73. The Morgan fingerprint density at radius 3 is 2.69 bits per heavy atom. The van der Waals surface area contributed by atoms with Crippen molar-refractivity contribution < 1.29 is 14.3 Å². The number of hydrogen-bond acceptors (Lipinski definition) is 6. The molecule has 2 fully saturated rings. The van der Waals surface area contributed by atoms with Crippen LogP contribution in [0.1, 0.15) is 16.2 Å². The summed E-state index contributed by atoms with van der Waals surface area (Å²) in [6.07, 6.45) is 4.16. The molecule has 4 heterocycles. The fourth-order valence-electron chi connectivity index (χ4n) is 3.68. The van der Waals surface area contributed by atoms with E-state index in [-0.39, 0.29) is 23.8 Å². The number of likely N-dealkylation sites (tertiary alicyclic amines) is 2. The van der Waals surface area contributed by atoms with Crippen LogP contribution in [0.15, 0.2) is 36.8 Å². The lowest BCUT2D eigenvalue weighted by atomic mass is 10.0. The van der Waals surface area contributed by atoms with Crippen LogP contribution in [-0.2, 0) is 4.79 Å². The highest BCUT2D eigenvalue weighted by Gasteiger charge is 2.53. The second-order valence-electron chi connectivity index (χ2n) is 6.61. The highest BCUT2D eigenvalue weighted by Crippen LogP contribution is 2.34. The van der Waals surface area contributed by atoms with Gasteiger partial charge in [-0.1, -0.05) is 0 Å². The van der Waals surface area contributed by atoms with Gasteiger partial charge in [0.25, 0.3) is 11.8 Å². The number of aryl methyl sites for hydroxylation is 1. The van der Waals surface area contributed by atoms with Gasteiger partial charge in [0.2, 0.25) is 5.88 Å². The topological polar surface area (TPSA) is 88.5 Å². The molecule has 0 aliphatic carbocycles. The zero-order chi connectivity index (χ0) is 18.3. The van der Waals surface area contributed by atoms with Crippen LogP contribution in [0.2, 0.25) is 0 Å². The predicted molar refractivity (Wildman–Crippen MR) is 91.4 cm³/mol. The first-order valence-electron chi connectivity index (χ1n) is 8.47. The van der Waals surface area contributed by atoms with Gasteiger partial charge in [-0.2, -0.15) is 4.98 Å². The van der Waals surface area contributed by atoms with Crippen molar-refractivity contribution >= 4 is 11.8 Å². The lowest BCUT2D eigenvalue weighted by Crippen LogP contribution is -2.40. The number of amides is 2. The predicted octanol–water partition coefficient (Wildman–Crippen LogP) is 0.540. The molecule has 0 spiro atoms. The number of aromatic nitrogens is 3. The summed E-state index contributed by atoms with van der Waals surface area (Å²) in [6, 6.07) is 4.98. The standard InChI is InChI=1S/C18H19N5O3/c1-11-20-8-5-15(21-11)26-16-13-9-23(10-14(13)22(2)18(16)25)17(24)12-3-6-19-7-4-12/h3-8,13-14,16H,9-10H2,1-2H3/t13-,14+,16-/m0/s1. The van der Waals surface area contributed by atoms with E-state index in [1.165, 1.54) is 0 Å².